The fourth-order valence-corrected chi connectivity index (χ4v) is 4.37. The van der Waals surface area contributed by atoms with Crippen LogP contribution >= 0.6 is 23.4 Å². The summed E-state index contributed by atoms with van der Waals surface area (Å²) in [5.41, 5.74) is 3.61. The van der Waals surface area contributed by atoms with E-state index in [0.717, 1.165) is 35.3 Å². The van der Waals surface area contributed by atoms with Crippen LogP contribution in [-0.2, 0) is 10.5 Å². The summed E-state index contributed by atoms with van der Waals surface area (Å²) in [6.45, 7) is 6.65. The molecule has 1 aliphatic rings. The predicted molar refractivity (Wildman–Crippen MR) is 121 cm³/mol. The summed E-state index contributed by atoms with van der Waals surface area (Å²) in [6.07, 6.45) is 2.53. The summed E-state index contributed by atoms with van der Waals surface area (Å²) in [5, 5.41) is 3.84. The molecule has 0 aliphatic carbocycles. The fourth-order valence-electron chi connectivity index (χ4n) is 3.45. The van der Waals surface area contributed by atoms with Crippen LogP contribution in [0.2, 0.25) is 5.02 Å². The average Bonchev–Trinajstić information content (AvgIpc) is 2.70. The van der Waals surface area contributed by atoms with Crippen molar-refractivity contribution in [2.75, 3.05) is 23.7 Å². The third-order valence-electron chi connectivity index (χ3n) is 5.33. The smallest absolute Gasteiger partial charge is 0.230 e. The molecule has 0 radical (unpaired) electrons. The number of carbonyl (C=O) groups is 1. The van der Waals surface area contributed by atoms with Gasteiger partial charge in [-0.15, -0.1) is 11.8 Å². The third-order valence-corrected chi connectivity index (χ3v) is 6.59. The maximum absolute atomic E-state index is 12.3. The molecule has 0 unspecified atom stereocenters. The number of nitrogens with one attached hydrogen (secondary N) is 1. The minimum Gasteiger partial charge on any atom is -0.372 e. The number of halogens is 1. The molecule has 0 saturated carbocycles. The molecule has 3 rings (SSSR count). The van der Waals surface area contributed by atoms with Gasteiger partial charge in [-0.05, 0) is 61.1 Å². The van der Waals surface area contributed by atoms with E-state index in [2.05, 4.69) is 41.4 Å². The lowest BCUT2D eigenvalue weighted by Gasteiger charge is -2.32. The van der Waals surface area contributed by atoms with Crippen molar-refractivity contribution in [1.82, 2.24) is 5.32 Å². The Hall–Kier alpha value is -1.65. The minimum absolute atomic E-state index is 0.0130. The van der Waals surface area contributed by atoms with E-state index in [0.29, 0.717) is 5.75 Å². The average molecular weight is 417 g/mol. The highest BCUT2D eigenvalue weighted by molar-refractivity contribution is 7.99. The lowest BCUT2D eigenvalue weighted by atomic mass is 9.98. The summed E-state index contributed by atoms with van der Waals surface area (Å²) >= 11 is 7.51. The molecule has 0 bridgehead atoms. The van der Waals surface area contributed by atoms with E-state index in [9.17, 15) is 4.79 Å². The fraction of sp³-hybridized carbons (Fsp3) is 0.435. The van der Waals surface area contributed by atoms with Crippen LogP contribution in [0.1, 0.15) is 43.9 Å². The first kappa shape index (κ1) is 21.1. The molecule has 1 aliphatic heterocycles. The molecule has 1 atom stereocenters. The molecule has 1 amide bonds. The number of nitrogens with zero attached hydrogens (tertiary/aromatic N) is 1. The van der Waals surface area contributed by atoms with Crippen LogP contribution < -0.4 is 10.2 Å². The summed E-state index contributed by atoms with van der Waals surface area (Å²) < 4.78 is 0. The van der Waals surface area contributed by atoms with Crippen LogP contribution in [0.25, 0.3) is 0 Å². The SMILES string of the molecule is CC1CCN(c2ccc([C@@H](C)NC(=O)CSCc3ccc(Cl)cc3)cc2)CC1. The van der Waals surface area contributed by atoms with Gasteiger partial charge in [0.2, 0.25) is 5.91 Å². The topological polar surface area (TPSA) is 32.3 Å². The Bertz CT molecular complexity index is 755. The van der Waals surface area contributed by atoms with Crippen molar-refractivity contribution in [2.24, 2.45) is 5.92 Å². The second-order valence-electron chi connectivity index (χ2n) is 7.67. The molecule has 150 valence electrons. The van der Waals surface area contributed by atoms with Crippen LogP contribution in [-0.4, -0.2) is 24.7 Å². The first-order valence-corrected chi connectivity index (χ1v) is 11.5. The Morgan fingerprint density at radius 3 is 2.43 bits per heavy atom. The van der Waals surface area contributed by atoms with E-state index in [1.54, 1.807) is 11.8 Å². The van der Waals surface area contributed by atoms with Gasteiger partial charge in [0.25, 0.3) is 0 Å². The van der Waals surface area contributed by atoms with Gasteiger partial charge < -0.3 is 10.2 Å². The minimum atomic E-state index is 0.0130. The zero-order chi connectivity index (χ0) is 19.9. The Morgan fingerprint density at radius 2 is 1.79 bits per heavy atom. The van der Waals surface area contributed by atoms with Crippen molar-refractivity contribution in [3.63, 3.8) is 0 Å². The molecule has 1 saturated heterocycles. The highest BCUT2D eigenvalue weighted by Crippen LogP contribution is 2.24. The lowest BCUT2D eigenvalue weighted by molar-refractivity contribution is -0.119. The van der Waals surface area contributed by atoms with Crippen molar-refractivity contribution < 1.29 is 4.79 Å². The van der Waals surface area contributed by atoms with Crippen molar-refractivity contribution >= 4 is 35.0 Å². The van der Waals surface area contributed by atoms with Crippen molar-refractivity contribution in [3.8, 4) is 0 Å². The number of piperidine rings is 1. The van der Waals surface area contributed by atoms with Crippen LogP contribution in [0.15, 0.2) is 48.5 Å². The maximum atomic E-state index is 12.3. The van der Waals surface area contributed by atoms with Crippen LogP contribution in [0.4, 0.5) is 5.69 Å². The first-order valence-electron chi connectivity index (χ1n) is 9.97. The molecule has 5 heteroatoms. The Kier molecular flexibility index (Phi) is 7.69. The molecular weight excluding hydrogens is 388 g/mol. The third kappa shape index (κ3) is 6.18. The van der Waals surface area contributed by atoms with Gasteiger partial charge in [-0.1, -0.05) is 42.8 Å². The van der Waals surface area contributed by atoms with Gasteiger partial charge in [0.15, 0.2) is 0 Å². The van der Waals surface area contributed by atoms with Gasteiger partial charge in [0, 0.05) is 29.6 Å². The number of amides is 1. The highest BCUT2D eigenvalue weighted by Gasteiger charge is 2.16. The van der Waals surface area contributed by atoms with Crippen molar-refractivity contribution in [1.29, 1.82) is 0 Å². The Morgan fingerprint density at radius 1 is 1.14 bits per heavy atom. The zero-order valence-corrected chi connectivity index (χ0v) is 18.2. The molecule has 3 nitrogen and oxygen atoms in total. The summed E-state index contributed by atoms with van der Waals surface area (Å²) in [5.74, 6) is 2.17. The van der Waals surface area contributed by atoms with Gasteiger partial charge in [0.1, 0.15) is 0 Å². The van der Waals surface area contributed by atoms with E-state index in [1.165, 1.54) is 24.1 Å². The number of benzene rings is 2. The summed E-state index contributed by atoms with van der Waals surface area (Å²) in [7, 11) is 0. The maximum Gasteiger partial charge on any atom is 0.230 e. The first-order chi connectivity index (χ1) is 13.5. The van der Waals surface area contributed by atoms with Gasteiger partial charge >= 0.3 is 0 Å². The number of hydrogen-bond donors (Lipinski definition) is 1. The second kappa shape index (κ2) is 10.2. The number of thioether (sulfide) groups is 1. The van der Waals surface area contributed by atoms with E-state index in [1.807, 2.05) is 31.2 Å². The Balaban J connectivity index is 1.43. The normalized spacial score (nSPS) is 16.0. The van der Waals surface area contributed by atoms with E-state index in [4.69, 9.17) is 11.6 Å². The predicted octanol–water partition coefficient (Wildman–Crippen LogP) is 5.69. The largest absolute Gasteiger partial charge is 0.372 e. The second-order valence-corrected chi connectivity index (χ2v) is 9.09. The zero-order valence-electron chi connectivity index (χ0n) is 16.7. The van der Waals surface area contributed by atoms with E-state index in [-0.39, 0.29) is 11.9 Å². The van der Waals surface area contributed by atoms with Crippen LogP contribution in [0, 0.1) is 5.92 Å². The number of anilines is 1. The van der Waals surface area contributed by atoms with Crippen molar-refractivity contribution in [2.45, 2.75) is 38.5 Å². The number of carbonyl (C=O) groups excluding carboxylic acids is 1. The van der Waals surface area contributed by atoms with Gasteiger partial charge in [0.05, 0.1) is 11.8 Å². The molecule has 0 spiro atoms. The monoisotopic (exact) mass is 416 g/mol. The van der Waals surface area contributed by atoms with Gasteiger partial charge in [-0.2, -0.15) is 0 Å². The quantitative estimate of drug-likeness (QED) is 0.629. The molecule has 2 aromatic rings. The Labute approximate surface area is 177 Å². The molecular formula is C23H29ClN2OS. The van der Waals surface area contributed by atoms with Gasteiger partial charge in [-0.3, -0.25) is 4.79 Å². The summed E-state index contributed by atoms with van der Waals surface area (Å²) in [6, 6.07) is 16.4. The van der Waals surface area contributed by atoms with E-state index >= 15 is 0 Å². The molecule has 1 fully saturated rings. The molecule has 1 N–H and O–H groups in total. The van der Waals surface area contributed by atoms with Crippen molar-refractivity contribution in [3.05, 3.63) is 64.7 Å². The van der Waals surface area contributed by atoms with E-state index < -0.39 is 0 Å². The summed E-state index contributed by atoms with van der Waals surface area (Å²) in [4.78, 5) is 14.7. The molecule has 2 aromatic carbocycles. The van der Waals surface area contributed by atoms with Crippen LogP contribution in [0.5, 0.6) is 0 Å². The standard InChI is InChI=1S/C23H29ClN2OS/c1-17-11-13-26(14-12-17)22-9-5-20(6-10-22)18(2)25-23(27)16-28-15-19-3-7-21(24)8-4-19/h3-10,17-18H,11-16H2,1-2H3,(H,25,27)/t18-/m1/s1. The lowest BCUT2D eigenvalue weighted by Crippen LogP contribution is -2.32. The highest BCUT2D eigenvalue weighted by atomic mass is 35.5. The van der Waals surface area contributed by atoms with Crippen LogP contribution in [0.3, 0.4) is 0 Å². The molecule has 1 heterocycles. The number of hydrogen-bond acceptors (Lipinski definition) is 3. The van der Waals surface area contributed by atoms with Gasteiger partial charge in [-0.25, -0.2) is 0 Å². The molecule has 0 aromatic heterocycles. The number of rotatable bonds is 7. The molecule has 28 heavy (non-hydrogen) atoms.